The molecule has 22 heavy (non-hydrogen) atoms. The van der Waals surface area contributed by atoms with Crippen LogP contribution < -0.4 is 5.14 Å². The van der Waals surface area contributed by atoms with E-state index in [2.05, 4.69) is 15.9 Å². The van der Waals surface area contributed by atoms with E-state index in [0.717, 1.165) is 0 Å². The number of carbonyl (C=O) groups excluding carboxylic acids is 1. The molecule has 1 fully saturated rings. The number of carboxylic acid groups (broad SMARTS) is 1. The van der Waals surface area contributed by atoms with Gasteiger partial charge in [-0.3, -0.25) is 9.59 Å². The van der Waals surface area contributed by atoms with E-state index in [1.54, 1.807) is 0 Å². The Morgan fingerprint density at radius 1 is 1.27 bits per heavy atom. The van der Waals surface area contributed by atoms with Crippen LogP contribution in [0.5, 0.6) is 0 Å². The Morgan fingerprint density at radius 2 is 1.86 bits per heavy atom. The number of hydrogen-bond acceptors (Lipinski definition) is 4. The van der Waals surface area contributed by atoms with Gasteiger partial charge >= 0.3 is 5.97 Å². The summed E-state index contributed by atoms with van der Waals surface area (Å²) in [6, 6.07) is 3.99. The predicted molar refractivity (Wildman–Crippen MR) is 81.8 cm³/mol. The Labute approximate surface area is 136 Å². The molecule has 9 heteroatoms. The third-order valence-corrected chi connectivity index (χ3v) is 5.23. The van der Waals surface area contributed by atoms with Crippen molar-refractivity contribution < 1.29 is 23.1 Å². The number of carboxylic acids is 1. The Morgan fingerprint density at radius 3 is 2.36 bits per heavy atom. The van der Waals surface area contributed by atoms with Crippen molar-refractivity contribution in [1.82, 2.24) is 4.90 Å². The van der Waals surface area contributed by atoms with Crippen LogP contribution in [-0.4, -0.2) is 43.4 Å². The number of halogens is 1. The lowest BCUT2D eigenvalue weighted by atomic mass is 9.96. The SMILES string of the molecule is NS(=O)(=O)c1ccc(Br)c(C(=O)N2CCC(C(=O)O)CC2)c1. The largest absolute Gasteiger partial charge is 0.481 e. The van der Waals surface area contributed by atoms with Crippen LogP contribution in [0.15, 0.2) is 27.6 Å². The molecule has 0 saturated carbocycles. The zero-order valence-corrected chi connectivity index (χ0v) is 13.9. The van der Waals surface area contributed by atoms with Crippen LogP contribution in [-0.2, 0) is 14.8 Å². The van der Waals surface area contributed by atoms with E-state index in [0.29, 0.717) is 30.4 Å². The molecule has 2 rings (SSSR count). The van der Waals surface area contributed by atoms with E-state index in [9.17, 15) is 18.0 Å². The molecule has 0 atom stereocenters. The van der Waals surface area contributed by atoms with E-state index in [1.165, 1.54) is 23.1 Å². The molecule has 1 heterocycles. The van der Waals surface area contributed by atoms with Gasteiger partial charge in [-0.25, -0.2) is 13.6 Å². The number of carbonyl (C=O) groups is 2. The molecule has 0 unspecified atom stereocenters. The molecule has 0 spiro atoms. The van der Waals surface area contributed by atoms with Gasteiger partial charge in [0.05, 0.1) is 16.4 Å². The fourth-order valence-electron chi connectivity index (χ4n) is 2.35. The Hall–Kier alpha value is -1.45. The second kappa shape index (κ2) is 6.35. The van der Waals surface area contributed by atoms with Crippen LogP contribution in [0.2, 0.25) is 0 Å². The van der Waals surface area contributed by atoms with Crippen LogP contribution >= 0.6 is 15.9 Å². The molecule has 1 amide bonds. The minimum Gasteiger partial charge on any atom is -0.481 e. The highest BCUT2D eigenvalue weighted by molar-refractivity contribution is 9.10. The van der Waals surface area contributed by atoms with E-state index in [1.807, 2.05) is 0 Å². The van der Waals surface area contributed by atoms with Gasteiger partial charge in [-0.2, -0.15) is 0 Å². The Balaban J connectivity index is 2.22. The van der Waals surface area contributed by atoms with Crippen LogP contribution in [0, 0.1) is 5.92 Å². The van der Waals surface area contributed by atoms with Crippen molar-refractivity contribution >= 4 is 37.8 Å². The topological polar surface area (TPSA) is 118 Å². The van der Waals surface area contributed by atoms with Crippen LogP contribution in [0.3, 0.4) is 0 Å². The molecule has 3 N–H and O–H groups in total. The van der Waals surface area contributed by atoms with Crippen molar-refractivity contribution in [2.75, 3.05) is 13.1 Å². The summed E-state index contributed by atoms with van der Waals surface area (Å²) in [5, 5.41) is 14.0. The summed E-state index contributed by atoms with van der Waals surface area (Å²) in [4.78, 5) is 24.8. The van der Waals surface area contributed by atoms with E-state index in [-0.39, 0.29) is 16.4 Å². The maximum absolute atomic E-state index is 12.5. The van der Waals surface area contributed by atoms with Crippen molar-refractivity contribution in [2.24, 2.45) is 11.1 Å². The first-order valence-electron chi connectivity index (χ1n) is 6.54. The average Bonchev–Trinajstić information content (AvgIpc) is 2.46. The number of primary sulfonamides is 1. The number of amides is 1. The number of nitrogens with zero attached hydrogens (tertiary/aromatic N) is 1. The summed E-state index contributed by atoms with van der Waals surface area (Å²) in [6.07, 6.45) is 0.765. The molecule has 0 radical (unpaired) electrons. The minimum absolute atomic E-state index is 0.139. The van der Waals surface area contributed by atoms with Crippen molar-refractivity contribution in [3.63, 3.8) is 0 Å². The van der Waals surface area contributed by atoms with E-state index in [4.69, 9.17) is 10.2 Å². The zero-order chi connectivity index (χ0) is 16.5. The molecule has 1 aliphatic heterocycles. The van der Waals surface area contributed by atoms with Gasteiger partial charge in [-0.05, 0) is 47.0 Å². The number of benzene rings is 1. The molecule has 0 bridgehead atoms. The predicted octanol–water partition coefficient (Wildman–Crippen LogP) is 1.03. The number of likely N-dealkylation sites (tertiary alicyclic amines) is 1. The highest BCUT2D eigenvalue weighted by Crippen LogP contribution is 2.25. The molecule has 1 aromatic rings. The second-order valence-corrected chi connectivity index (χ2v) is 7.51. The molecule has 7 nitrogen and oxygen atoms in total. The quantitative estimate of drug-likeness (QED) is 0.798. The van der Waals surface area contributed by atoms with E-state index < -0.39 is 21.9 Å². The van der Waals surface area contributed by atoms with Gasteiger partial charge in [-0.15, -0.1) is 0 Å². The molecule has 0 aromatic heterocycles. The van der Waals surface area contributed by atoms with Gasteiger partial charge in [0.25, 0.3) is 5.91 Å². The number of hydrogen-bond donors (Lipinski definition) is 2. The summed E-state index contributed by atoms with van der Waals surface area (Å²) < 4.78 is 23.2. The maximum atomic E-state index is 12.5. The average molecular weight is 391 g/mol. The molecule has 0 aliphatic carbocycles. The molecular weight excluding hydrogens is 376 g/mol. The maximum Gasteiger partial charge on any atom is 0.306 e. The van der Waals surface area contributed by atoms with Crippen LogP contribution in [0.4, 0.5) is 0 Å². The fourth-order valence-corrected chi connectivity index (χ4v) is 3.30. The first-order chi connectivity index (χ1) is 10.2. The van der Waals surface area contributed by atoms with Crippen molar-refractivity contribution in [3.05, 3.63) is 28.2 Å². The first kappa shape index (κ1) is 16.9. The lowest BCUT2D eigenvalue weighted by molar-refractivity contribution is -0.143. The number of nitrogens with two attached hydrogens (primary N) is 1. The van der Waals surface area contributed by atoms with Crippen LogP contribution in [0.1, 0.15) is 23.2 Å². The zero-order valence-electron chi connectivity index (χ0n) is 11.5. The van der Waals surface area contributed by atoms with Gasteiger partial charge in [0.1, 0.15) is 0 Å². The minimum atomic E-state index is -3.90. The molecule has 1 aromatic carbocycles. The number of aliphatic carboxylic acids is 1. The summed E-state index contributed by atoms with van der Waals surface area (Å²) >= 11 is 3.22. The smallest absolute Gasteiger partial charge is 0.306 e. The van der Waals surface area contributed by atoms with Crippen molar-refractivity contribution in [2.45, 2.75) is 17.7 Å². The van der Waals surface area contributed by atoms with Gasteiger partial charge in [-0.1, -0.05) is 0 Å². The summed E-state index contributed by atoms with van der Waals surface area (Å²) in [7, 11) is -3.90. The first-order valence-corrected chi connectivity index (χ1v) is 8.88. The van der Waals surface area contributed by atoms with Gasteiger partial charge in [0.15, 0.2) is 0 Å². The van der Waals surface area contributed by atoms with Crippen molar-refractivity contribution in [1.29, 1.82) is 0 Å². The van der Waals surface area contributed by atoms with Crippen molar-refractivity contribution in [3.8, 4) is 0 Å². The standard InChI is InChI=1S/C13H15BrN2O5S/c14-11-2-1-9(22(15,20)21)7-10(11)12(17)16-5-3-8(4-6-16)13(18)19/h1-2,7-8H,3-6H2,(H,18,19)(H2,15,20,21). The van der Waals surface area contributed by atoms with Gasteiger partial charge in [0, 0.05) is 17.6 Å². The fraction of sp³-hybridized carbons (Fsp3) is 0.385. The van der Waals surface area contributed by atoms with Gasteiger partial charge < -0.3 is 10.0 Å². The molecular formula is C13H15BrN2O5S. The third kappa shape index (κ3) is 3.65. The highest BCUT2D eigenvalue weighted by atomic mass is 79.9. The molecule has 1 saturated heterocycles. The number of rotatable bonds is 3. The monoisotopic (exact) mass is 390 g/mol. The lowest BCUT2D eigenvalue weighted by Crippen LogP contribution is -2.40. The Kier molecular flexibility index (Phi) is 4.88. The lowest BCUT2D eigenvalue weighted by Gasteiger charge is -2.30. The normalized spacial score (nSPS) is 16.5. The second-order valence-electron chi connectivity index (χ2n) is 5.09. The number of sulfonamides is 1. The van der Waals surface area contributed by atoms with Gasteiger partial charge in [0.2, 0.25) is 10.0 Å². The Bertz CT molecular complexity index is 711. The van der Waals surface area contributed by atoms with E-state index >= 15 is 0 Å². The van der Waals surface area contributed by atoms with Crippen LogP contribution in [0.25, 0.3) is 0 Å². The summed E-state index contributed by atoms with van der Waals surface area (Å²) in [5.74, 6) is -1.64. The molecule has 120 valence electrons. The third-order valence-electron chi connectivity index (χ3n) is 3.63. The summed E-state index contributed by atoms with van der Waals surface area (Å²) in [5.41, 5.74) is 0.195. The highest BCUT2D eigenvalue weighted by Gasteiger charge is 2.28. The molecule has 1 aliphatic rings. The summed E-state index contributed by atoms with van der Waals surface area (Å²) in [6.45, 7) is 0.643. The number of piperidine rings is 1.